The van der Waals surface area contributed by atoms with E-state index in [4.69, 9.17) is 4.42 Å². The van der Waals surface area contributed by atoms with Crippen LogP contribution in [0.5, 0.6) is 5.75 Å². The van der Waals surface area contributed by atoms with Crippen LogP contribution in [0.4, 0.5) is 4.79 Å². The first-order valence-electron chi connectivity index (χ1n) is 5.26. The number of aromatic hydroxyl groups is 1. The molecule has 7 heteroatoms. The first kappa shape index (κ1) is 13.8. The van der Waals surface area contributed by atoms with Gasteiger partial charge >= 0.3 is 11.7 Å². The van der Waals surface area contributed by atoms with Gasteiger partial charge in [-0.2, -0.15) is 5.10 Å². The fraction of sp³-hybridized carbons (Fsp3) is 0.364. The van der Waals surface area contributed by atoms with Gasteiger partial charge in [-0.3, -0.25) is 0 Å². The van der Waals surface area contributed by atoms with E-state index in [0.717, 1.165) is 0 Å². The van der Waals surface area contributed by atoms with Gasteiger partial charge in [0.15, 0.2) is 0 Å². The molecule has 1 heterocycles. The first-order chi connectivity index (χ1) is 8.45. The summed E-state index contributed by atoms with van der Waals surface area (Å²) in [6.07, 6.45) is -0.743. The van der Waals surface area contributed by atoms with Gasteiger partial charge in [0.1, 0.15) is 17.1 Å². The van der Waals surface area contributed by atoms with E-state index >= 15 is 0 Å². The predicted molar refractivity (Wildman–Crippen MR) is 63.7 cm³/mol. The molecule has 0 unspecified atom stereocenters. The lowest BCUT2D eigenvalue weighted by atomic mass is 10.2. The maximum Gasteiger partial charge on any atom is 0.427 e. The Morgan fingerprint density at radius 2 is 2.28 bits per heavy atom. The van der Waals surface area contributed by atoms with Crippen LogP contribution in [0.15, 0.2) is 20.4 Å². The molecule has 7 nitrogen and oxygen atoms in total. The van der Waals surface area contributed by atoms with Gasteiger partial charge < -0.3 is 14.3 Å². The Kier molecular flexibility index (Phi) is 4.47. The van der Waals surface area contributed by atoms with Gasteiger partial charge in [-0.25, -0.2) is 15.0 Å². The molecule has 1 amide bonds. The molecule has 0 spiro atoms. The summed E-state index contributed by atoms with van der Waals surface area (Å²) in [5, 5.41) is 13.3. The number of amides is 1. The van der Waals surface area contributed by atoms with Gasteiger partial charge in [-0.05, 0) is 20.8 Å². The molecule has 18 heavy (non-hydrogen) atoms. The Bertz CT molecular complexity index is 533. The minimum Gasteiger partial charge on any atom is -0.507 e. The van der Waals surface area contributed by atoms with Crippen molar-refractivity contribution in [2.45, 2.75) is 20.8 Å². The van der Waals surface area contributed by atoms with E-state index in [0.29, 0.717) is 0 Å². The molecular formula is C11H14N2O5. The summed E-state index contributed by atoms with van der Waals surface area (Å²) in [6, 6.07) is 1.29. The number of hydrazone groups is 1. The molecule has 1 aromatic heterocycles. The van der Waals surface area contributed by atoms with Gasteiger partial charge in [-0.15, -0.1) is 0 Å². The molecule has 1 rings (SSSR count). The number of hydrogen-bond donors (Lipinski definition) is 2. The lowest BCUT2D eigenvalue weighted by Gasteiger charge is -2.04. The zero-order chi connectivity index (χ0) is 13.7. The number of carbonyl (C=O) groups is 1. The van der Waals surface area contributed by atoms with E-state index in [9.17, 15) is 14.7 Å². The fourth-order valence-electron chi connectivity index (χ4n) is 1.28. The van der Waals surface area contributed by atoms with Crippen molar-refractivity contribution in [1.29, 1.82) is 0 Å². The molecule has 0 bridgehead atoms. The number of ether oxygens (including phenoxy) is 1. The lowest BCUT2D eigenvalue weighted by Crippen LogP contribution is -2.22. The van der Waals surface area contributed by atoms with Gasteiger partial charge in [0.2, 0.25) is 0 Å². The third-order valence-electron chi connectivity index (χ3n) is 2.01. The highest BCUT2D eigenvalue weighted by Crippen LogP contribution is 2.14. The van der Waals surface area contributed by atoms with Crippen LogP contribution in [-0.2, 0) is 4.74 Å². The summed E-state index contributed by atoms with van der Waals surface area (Å²) in [4.78, 5) is 22.5. The predicted octanol–water partition coefficient (Wildman–Crippen LogP) is 1.12. The summed E-state index contributed by atoms with van der Waals surface area (Å²) < 4.78 is 9.41. The van der Waals surface area contributed by atoms with E-state index in [1.165, 1.54) is 19.9 Å². The largest absolute Gasteiger partial charge is 0.507 e. The van der Waals surface area contributed by atoms with Crippen LogP contribution in [0.25, 0.3) is 0 Å². The summed E-state index contributed by atoms with van der Waals surface area (Å²) in [6.45, 7) is 4.84. The van der Waals surface area contributed by atoms with Crippen LogP contribution in [0, 0.1) is 6.92 Å². The van der Waals surface area contributed by atoms with Crippen molar-refractivity contribution in [3.05, 3.63) is 27.8 Å². The quantitative estimate of drug-likeness (QED) is 0.621. The lowest BCUT2D eigenvalue weighted by molar-refractivity contribution is 0.152. The molecule has 0 aliphatic heterocycles. The molecule has 2 N–H and O–H groups in total. The molecule has 0 saturated carbocycles. The van der Waals surface area contributed by atoms with E-state index < -0.39 is 11.7 Å². The summed E-state index contributed by atoms with van der Waals surface area (Å²) in [5.74, 6) is 0.0306. The van der Waals surface area contributed by atoms with Crippen molar-refractivity contribution in [3.63, 3.8) is 0 Å². The highest BCUT2D eigenvalue weighted by Gasteiger charge is 2.13. The van der Waals surface area contributed by atoms with Crippen molar-refractivity contribution in [3.8, 4) is 5.75 Å². The Morgan fingerprint density at radius 3 is 2.83 bits per heavy atom. The fourth-order valence-corrected chi connectivity index (χ4v) is 1.28. The maximum absolute atomic E-state index is 11.5. The summed E-state index contributed by atoms with van der Waals surface area (Å²) >= 11 is 0. The monoisotopic (exact) mass is 254 g/mol. The Labute approximate surface area is 103 Å². The minimum atomic E-state index is -0.743. The van der Waals surface area contributed by atoms with Gasteiger partial charge in [-0.1, -0.05) is 0 Å². The molecule has 0 fully saturated rings. The average Bonchev–Trinajstić information content (AvgIpc) is 2.25. The van der Waals surface area contributed by atoms with Crippen LogP contribution < -0.4 is 11.1 Å². The second-order valence-corrected chi connectivity index (χ2v) is 3.43. The number of nitrogens with zero attached hydrogens (tertiary/aromatic N) is 1. The highest BCUT2D eigenvalue weighted by molar-refractivity contribution is 6.00. The second kappa shape index (κ2) is 5.85. The first-order valence-corrected chi connectivity index (χ1v) is 5.26. The van der Waals surface area contributed by atoms with E-state index in [-0.39, 0.29) is 29.4 Å². The van der Waals surface area contributed by atoms with Crippen LogP contribution >= 0.6 is 0 Å². The zero-order valence-corrected chi connectivity index (χ0v) is 10.3. The van der Waals surface area contributed by atoms with Gasteiger partial charge in [0.25, 0.3) is 0 Å². The van der Waals surface area contributed by atoms with Crippen molar-refractivity contribution < 1.29 is 19.1 Å². The topological polar surface area (TPSA) is 101 Å². The smallest absolute Gasteiger partial charge is 0.427 e. The van der Waals surface area contributed by atoms with Crippen molar-refractivity contribution >= 4 is 11.8 Å². The Morgan fingerprint density at radius 1 is 1.61 bits per heavy atom. The van der Waals surface area contributed by atoms with E-state index in [2.05, 4.69) is 15.3 Å². The molecular weight excluding hydrogens is 240 g/mol. The summed E-state index contributed by atoms with van der Waals surface area (Å²) in [7, 11) is 0. The second-order valence-electron chi connectivity index (χ2n) is 3.43. The minimum absolute atomic E-state index is 0.0996. The van der Waals surface area contributed by atoms with Crippen LogP contribution in [0.3, 0.4) is 0 Å². The average molecular weight is 254 g/mol. The molecule has 0 aromatic carbocycles. The molecule has 0 radical (unpaired) electrons. The maximum atomic E-state index is 11.5. The van der Waals surface area contributed by atoms with Crippen LogP contribution in [0.1, 0.15) is 25.2 Å². The van der Waals surface area contributed by atoms with Crippen molar-refractivity contribution in [1.82, 2.24) is 5.43 Å². The van der Waals surface area contributed by atoms with Crippen molar-refractivity contribution in [2.75, 3.05) is 6.61 Å². The number of hydrogen-bond acceptors (Lipinski definition) is 6. The Hall–Kier alpha value is -2.31. The molecule has 0 saturated heterocycles. The van der Waals surface area contributed by atoms with E-state index in [1.807, 2.05) is 0 Å². The van der Waals surface area contributed by atoms with Crippen LogP contribution in [0.2, 0.25) is 0 Å². The number of carbonyl (C=O) groups excluding carboxylic acids is 1. The third-order valence-corrected chi connectivity index (χ3v) is 2.01. The zero-order valence-electron chi connectivity index (χ0n) is 10.3. The molecule has 1 aromatic rings. The molecule has 0 atom stereocenters. The standard InChI is InChI=1S/C11H14N2O5/c1-4-17-11(16)13-12-7(3)9-8(14)5-6(2)18-10(9)15/h5,14H,4H2,1-3H3,(H,13,16)/b12-7+. The van der Waals surface area contributed by atoms with Crippen LogP contribution in [-0.4, -0.2) is 23.5 Å². The van der Waals surface area contributed by atoms with Crippen molar-refractivity contribution in [2.24, 2.45) is 5.10 Å². The number of nitrogens with one attached hydrogen (secondary N) is 1. The normalized spacial score (nSPS) is 11.2. The third kappa shape index (κ3) is 3.34. The van der Waals surface area contributed by atoms with Gasteiger partial charge in [0, 0.05) is 6.07 Å². The Balaban J connectivity index is 2.97. The molecule has 0 aliphatic rings. The molecule has 98 valence electrons. The van der Waals surface area contributed by atoms with Gasteiger partial charge in [0.05, 0.1) is 12.3 Å². The SMILES string of the molecule is CCOC(=O)N/N=C(\C)c1c(O)cc(C)oc1=O. The van der Waals surface area contributed by atoms with E-state index in [1.54, 1.807) is 6.92 Å². The highest BCUT2D eigenvalue weighted by atomic mass is 16.5. The number of aryl methyl sites for hydroxylation is 1. The number of rotatable bonds is 3. The summed E-state index contributed by atoms with van der Waals surface area (Å²) in [5.41, 5.74) is 1.38. The molecule has 0 aliphatic carbocycles.